The monoisotopic (exact) mass is 377 g/mol. The third-order valence-corrected chi connectivity index (χ3v) is 6.58. The summed E-state index contributed by atoms with van der Waals surface area (Å²) in [6.07, 6.45) is 7.31. The summed E-state index contributed by atoms with van der Waals surface area (Å²) in [7, 11) is 0. The number of nitrogens with zero attached hydrogens (tertiary/aromatic N) is 2. The van der Waals surface area contributed by atoms with Crippen LogP contribution in [0.5, 0.6) is 0 Å². The van der Waals surface area contributed by atoms with Crippen LogP contribution in [0.4, 0.5) is 0 Å². The van der Waals surface area contributed by atoms with E-state index in [2.05, 4.69) is 36.0 Å². The zero-order valence-corrected chi connectivity index (χ0v) is 16.9. The van der Waals surface area contributed by atoms with Gasteiger partial charge in [-0.25, -0.2) is 4.98 Å². The lowest BCUT2D eigenvalue weighted by atomic mass is 10.1. The maximum atomic E-state index is 12.7. The van der Waals surface area contributed by atoms with Crippen LogP contribution in [0, 0.1) is 0 Å². The Bertz CT molecular complexity index is 596. The van der Waals surface area contributed by atoms with Crippen molar-refractivity contribution >= 4 is 17.7 Å². The molecule has 1 saturated heterocycles. The van der Waals surface area contributed by atoms with Gasteiger partial charge in [0.25, 0.3) is 5.91 Å². The van der Waals surface area contributed by atoms with Crippen molar-refractivity contribution in [3.8, 4) is 0 Å². The fraction of sp³-hybridized carbons (Fsp3) is 0.700. The Hall–Kier alpha value is -1.11. The molecule has 0 unspecified atom stereocenters. The Morgan fingerprint density at radius 3 is 2.73 bits per heavy atom. The molecule has 0 radical (unpaired) electrons. The second-order valence-electron chi connectivity index (χ2n) is 7.65. The average molecular weight is 378 g/mol. The first-order valence-corrected chi connectivity index (χ1v) is 10.7. The fourth-order valence-corrected chi connectivity index (χ4v) is 5.16. The van der Waals surface area contributed by atoms with E-state index < -0.39 is 0 Å². The fourth-order valence-electron chi connectivity index (χ4n) is 3.86. The van der Waals surface area contributed by atoms with Crippen molar-refractivity contribution in [3.05, 3.63) is 23.9 Å². The topological polar surface area (TPSA) is 54.5 Å². The Morgan fingerprint density at radius 2 is 2.04 bits per heavy atom. The third-order valence-electron chi connectivity index (χ3n) is 5.23. The molecular weight excluding hydrogens is 346 g/mol. The lowest BCUT2D eigenvalue weighted by Gasteiger charge is -2.39. The number of amides is 1. The Labute approximate surface area is 161 Å². The van der Waals surface area contributed by atoms with Crippen LogP contribution in [-0.2, 0) is 4.74 Å². The summed E-state index contributed by atoms with van der Waals surface area (Å²) in [5, 5.41) is 4.59. The summed E-state index contributed by atoms with van der Waals surface area (Å²) in [6.45, 7) is 8.85. The number of rotatable bonds is 6. The van der Waals surface area contributed by atoms with Gasteiger partial charge in [0.05, 0.1) is 17.8 Å². The first-order chi connectivity index (χ1) is 12.5. The van der Waals surface area contributed by atoms with E-state index in [1.807, 2.05) is 12.1 Å². The highest BCUT2D eigenvalue weighted by Gasteiger charge is 2.26. The third kappa shape index (κ3) is 5.21. The molecule has 2 fully saturated rings. The highest BCUT2D eigenvalue weighted by molar-refractivity contribution is 7.99. The highest BCUT2D eigenvalue weighted by atomic mass is 32.2. The smallest absolute Gasteiger partial charge is 0.254 e. The van der Waals surface area contributed by atoms with Crippen LogP contribution in [0.2, 0.25) is 0 Å². The second kappa shape index (κ2) is 9.20. The summed E-state index contributed by atoms with van der Waals surface area (Å²) < 4.78 is 5.80. The van der Waals surface area contributed by atoms with Crippen LogP contribution in [-0.4, -0.2) is 58.9 Å². The van der Waals surface area contributed by atoms with Gasteiger partial charge in [-0.1, -0.05) is 12.8 Å². The maximum absolute atomic E-state index is 12.7. The van der Waals surface area contributed by atoms with E-state index in [0.717, 1.165) is 18.1 Å². The first kappa shape index (κ1) is 19.6. The molecule has 6 heteroatoms. The van der Waals surface area contributed by atoms with Crippen LogP contribution in [0.25, 0.3) is 0 Å². The molecule has 1 amide bonds. The molecule has 1 saturated carbocycles. The van der Waals surface area contributed by atoms with Gasteiger partial charge in [-0.05, 0) is 45.7 Å². The zero-order valence-electron chi connectivity index (χ0n) is 16.1. The molecule has 1 aliphatic heterocycles. The van der Waals surface area contributed by atoms with Gasteiger partial charge >= 0.3 is 0 Å². The van der Waals surface area contributed by atoms with Crippen LogP contribution in [0.1, 0.15) is 56.8 Å². The summed E-state index contributed by atoms with van der Waals surface area (Å²) >= 11 is 1.77. The van der Waals surface area contributed by atoms with Crippen LogP contribution >= 0.6 is 11.8 Å². The number of ether oxygens (including phenoxy) is 1. The Balaban J connectivity index is 1.56. The standard InChI is InChI=1S/C20H31N3O2S/c1-14(23-12-15(2)25-16(3)13-23)11-22-19(24)18-9-6-10-21-20(18)26-17-7-4-5-8-17/h6,9-10,14-17H,4-5,7-8,11-13H2,1-3H3,(H,22,24)/t14-,15-,16-/m1/s1. The molecule has 3 atom stereocenters. The largest absolute Gasteiger partial charge is 0.373 e. The molecule has 0 bridgehead atoms. The van der Waals surface area contributed by atoms with Crippen molar-refractivity contribution in [1.82, 2.24) is 15.2 Å². The van der Waals surface area contributed by atoms with Crippen molar-refractivity contribution in [2.24, 2.45) is 0 Å². The van der Waals surface area contributed by atoms with E-state index in [1.165, 1.54) is 25.7 Å². The van der Waals surface area contributed by atoms with Gasteiger partial charge in [0.1, 0.15) is 5.03 Å². The number of nitrogens with one attached hydrogen (secondary N) is 1. The number of hydrogen-bond acceptors (Lipinski definition) is 5. The van der Waals surface area contributed by atoms with Gasteiger partial charge in [-0.3, -0.25) is 9.69 Å². The van der Waals surface area contributed by atoms with Crippen LogP contribution in [0.15, 0.2) is 23.4 Å². The predicted molar refractivity (Wildman–Crippen MR) is 106 cm³/mol. The van der Waals surface area contributed by atoms with Gasteiger partial charge in [-0.15, -0.1) is 11.8 Å². The van der Waals surface area contributed by atoms with E-state index in [4.69, 9.17) is 4.74 Å². The SMILES string of the molecule is C[C@@H]1CN([C@H](C)CNC(=O)c2cccnc2SC2CCCC2)C[C@@H](C)O1. The van der Waals surface area contributed by atoms with Crippen molar-refractivity contribution < 1.29 is 9.53 Å². The molecule has 1 aromatic rings. The van der Waals surface area contributed by atoms with E-state index in [9.17, 15) is 4.79 Å². The van der Waals surface area contributed by atoms with Crippen molar-refractivity contribution in [3.63, 3.8) is 0 Å². The molecule has 2 aliphatic rings. The Morgan fingerprint density at radius 1 is 1.35 bits per heavy atom. The molecule has 5 nitrogen and oxygen atoms in total. The molecule has 3 rings (SSSR count). The predicted octanol–water partition coefficient (Wildman–Crippen LogP) is 3.34. The average Bonchev–Trinajstić information content (AvgIpc) is 3.12. The molecular formula is C20H31N3O2S. The summed E-state index contributed by atoms with van der Waals surface area (Å²) in [5.41, 5.74) is 0.709. The van der Waals surface area contributed by atoms with Crippen LogP contribution in [0.3, 0.4) is 0 Å². The van der Waals surface area contributed by atoms with Gasteiger partial charge in [0, 0.05) is 37.1 Å². The minimum absolute atomic E-state index is 0.0141. The van der Waals surface area contributed by atoms with Gasteiger partial charge in [-0.2, -0.15) is 0 Å². The van der Waals surface area contributed by atoms with Crippen LogP contribution < -0.4 is 5.32 Å². The molecule has 1 aliphatic carbocycles. The molecule has 0 aromatic carbocycles. The van der Waals surface area contributed by atoms with Crippen molar-refractivity contribution in [1.29, 1.82) is 0 Å². The van der Waals surface area contributed by atoms with E-state index in [0.29, 0.717) is 17.4 Å². The number of carbonyl (C=O) groups excluding carboxylic acids is 1. The normalized spacial score (nSPS) is 26.0. The van der Waals surface area contributed by atoms with Gasteiger partial charge in [0.2, 0.25) is 0 Å². The molecule has 1 aromatic heterocycles. The molecule has 2 heterocycles. The van der Waals surface area contributed by atoms with Crippen molar-refractivity contribution in [2.75, 3.05) is 19.6 Å². The quantitative estimate of drug-likeness (QED) is 0.824. The lowest BCUT2D eigenvalue weighted by Crippen LogP contribution is -2.52. The van der Waals surface area contributed by atoms with Crippen molar-refractivity contribution in [2.45, 2.75) is 75.0 Å². The second-order valence-corrected chi connectivity index (χ2v) is 8.94. The maximum Gasteiger partial charge on any atom is 0.254 e. The van der Waals surface area contributed by atoms with Gasteiger partial charge in [0.15, 0.2) is 0 Å². The number of pyridine rings is 1. The highest BCUT2D eigenvalue weighted by Crippen LogP contribution is 2.35. The zero-order chi connectivity index (χ0) is 18.5. The molecule has 1 N–H and O–H groups in total. The lowest BCUT2D eigenvalue weighted by molar-refractivity contribution is -0.0778. The summed E-state index contributed by atoms with van der Waals surface area (Å²) in [5.74, 6) is -0.0141. The number of thioether (sulfide) groups is 1. The van der Waals surface area contributed by atoms with E-state index in [1.54, 1.807) is 18.0 Å². The number of morpholine rings is 1. The van der Waals surface area contributed by atoms with E-state index >= 15 is 0 Å². The van der Waals surface area contributed by atoms with Gasteiger partial charge < -0.3 is 10.1 Å². The summed E-state index contributed by atoms with van der Waals surface area (Å²) in [6, 6.07) is 4.03. The molecule has 144 valence electrons. The molecule has 0 spiro atoms. The number of aromatic nitrogens is 1. The molecule has 26 heavy (non-hydrogen) atoms. The Kier molecular flexibility index (Phi) is 6.95. The minimum atomic E-state index is -0.0141. The minimum Gasteiger partial charge on any atom is -0.373 e. The number of carbonyl (C=O) groups is 1. The summed E-state index contributed by atoms with van der Waals surface area (Å²) in [4.78, 5) is 19.6. The van der Waals surface area contributed by atoms with E-state index in [-0.39, 0.29) is 24.2 Å². The first-order valence-electron chi connectivity index (χ1n) is 9.82. The number of hydrogen-bond donors (Lipinski definition) is 1.